The van der Waals surface area contributed by atoms with Gasteiger partial charge in [-0.15, -0.1) is 0 Å². The van der Waals surface area contributed by atoms with E-state index in [-0.39, 0.29) is 40.7 Å². The molecular weight excluding hydrogens is 733 g/mol. The Morgan fingerprint density at radius 1 is 0.471 bits per heavy atom. The van der Waals surface area contributed by atoms with Crippen molar-refractivity contribution in [2.45, 2.75) is 112 Å². The van der Waals surface area contributed by atoms with Crippen molar-refractivity contribution in [3.63, 3.8) is 0 Å². The molecule has 6 atom stereocenters. The third-order valence-corrected chi connectivity index (χ3v) is 22.4. The fraction of sp³-hybridized carbons (Fsp3) is 0.391. The first kappa shape index (κ1) is 42.3. The molecule has 2 aliphatic rings. The topological polar surface area (TPSA) is 0 Å². The monoisotopic (exact) mass is 788 g/mol. The molecule has 0 bridgehead atoms. The molecule has 51 heavy (non-hydrogen) atoms. The molecule has 6 rings (SSSR count). The molecule has 0 radical (unpaired) electrons. The SMILES string of the molecule is CCC(C)P(C1=Cc2c(-c3ccccc3)cccc2[CH]1[Ti+2][CH]1C(P(C(C)CC)C(C)CC)=Cc2c(-c3ccccc3)cccc21)C(C)CC.[Cl-].[Cl-]. The Labute approximate surface area is 334 Å². The third-order valence-electron chi connectivity index (χ3n) is 11.4. The Hall–Kier alpha value is -1.49. The number of fused-ring (bicyclic) bond motifs is 2. The number of allylic oxidation sites excluding steroid dienone is 2. The molecule has 6 unspecified atom stereocenters. The zero-order valence-corrected chi connectivity index (χ0v) is 36.7. The molecule has 268 valence electrons. The van der Waals surface area contributed by atoms with Crippen molar-refractivity contribution in [1.82, 2.24) is 0 Å². The van der Waals surface area contributed by atoms with Gasteiger partial charge in [-0.2, -0.15) is 0 Å². The summed E-state index contributed by atoms with van der Waals surface area (Å²) in [6, 6.07) is 36.9. The summed E-state index contributed by atoms with van der Waals surface area (Å²) in [7, 11) is -0.527. The van der Waals surface area contributed by atoms with Gasteiger partial charge >= 0.3 is 312 Å². The van der Waals surface area contributed by atoms with Gasteiger partial charge in [-0.05, 0) is 0 Å². The maximum Gasteiger partial charge on any atom is -1.00 e. The van der Waals surface area contributed by atoms with Gasteiger partial charge in [0, 0.05) is 0 Å². The van der Waals surface area contributed by atoms with Gasteiger partial charge in [0.15, 0.2) is 0 Å². The normalized spacial score (nSPS) is 19.5. The van der Waals surface area contributed by atoms with Gasteiger partial charge in [0.25, 0.3) is 0 Å². The average Bonchev–Trinajstić information content (AvgIpc) is 3.70. The van der Waals surface area contributed by atoms with Gasteiger partial charge in [0.05, 0.1) is 0 Å². The third kappa shape index (κ3) is 8.59. The second-order valence-electron chi connectivity index (χ2n) is 14.4. The minimum atomic E-state index is -0.502. The minimum absolute atomic E-state index is 0. The average molecular weight is 790 g/mol. The van der Waals surface area contributed by atoms with E-state index < -0.39 is 19.2 Å². The largest absolute Gasteiger partial charge is 1.00 e. The standard InChI is InChI=1S/2C23H28P.2ClH.Ti/c2*1-5-17(3)24(18(4)6-2)21-15-20-13-10-14-22(23(20)16-21)19-11-8-7-9-12-19;;;/h2*7-18H,5-6H2,1-4H3;2*1H;/q;;;;+2/p-2. The van der Waals surface area contributed by atoms with E-state index >= 15 is 0 Å². The van der Waals surface area contributed by atoms with E-state index in [0.717, 1.165) is 22.6 Å². The Kier molecular flexibility index (Phi) is 15.9. The van der Waals surface area contributed by atoms with Crippen molar-refractivity contribution in [3.05, 3.63) is 130 Å². The van der Waals surface area contributed by atoms with E-state index in [0.29, 0.717) is 8.45 Å². The van der Waals surface area contributed by atoms with Gasteiger partial charge in [0.1, 0.15) is 0 Å². The summed E-state index contributed by atoms with van der Waals surface area (Å²) in [4.78, 5) is 0. The molecule has 4 aromatic carbocycles. The molecule has 2 aliphatic carbocycles. The van der Waals surface area contributed by atoms with E-state index in [2.05, 4.69) is 165 Å². The second kappa shape index (κ2) is 19.2. The zero-order valence-electron chi connectivity index (χ0n) is 31.8. The van der Waals surface area contributed by atoms with E-state index in [9.17, 15) is 0 Å². The molecule has 4 aromatic rings. The van der Waals surface area contributed by atoms with Gasteiger partial charge in [-0.1, -0.05) is 0 Å². The van der Waals surface area contributed by atoms with Crippen LogP contribution < -0.4 is 24.8 Å². The van der Waals surface area contributed by atoms with E-state index in [1.165, 1.54) is 59.1 Å². The molecule has 0 spiro atoms. The van der Waals surface area contributed by atoms with Gasteiger partial charge in [-0.25, -0.2) is 0 Å². The quantitative estimate of drug-likeness (QED) is 0.0886. The zero-order chi connectivity index (χ0) is 34.7. The van der Waals surface area contributed by atoms with Crippen molar-refractivity contribution < 1.29 is 44.0 Å². The van der Waals surface area contributed by atoms with Crippen LogP contribution in [0.1, 0.15) is 112 Å². The van der Waals surface area contributed by atoms with Crippen molar-refractivity contribution >= 4 is 28.0 Å². The van der Waals surface area contributed by atoms with Crippen molar-refractivity contribution in [2.75, 3.05) is 0 Å². The Bertz CT molecular complexity index is 1630. The Morgan fingerprint density at radius 2 is 0.804 bits per heavy atom. The summed E-state index contributed by atoms with van der Waals surface area (Å²) >= 11 is -0.502. The molecule has 0 aromatic heterocycles. The maximum absolute atomic E-state index is 2.74. The molecule has 0 nitrogen and oxygen atoms in total. The van der Waals surface area contributed by atoms with Crippen molar-refractivity contribution in [3.8, 4) is 22.3 Å². The molecule has 0 amide bonds. The van der Waals surface area contributed by atoms with E-state index in [1.807, 2.05) is 10.6 Å². The number of hydrogen-bond donors (Lipinski definition) is 0. The fourth-order valence-corrected chi connectivity index (χ4v) is 19.6. The van der Waals surface area contributed by atoms with E-state index in [4.69, 9.17) is 0 Å². The summed E-state index contributed by atoms with van der Waals surface area (Å²) in [6.07, 6.45) is 10.5. The molecule has 0 heterocycles. The second-order valence-corrected chi connectivity index (χ2v) is 22.9. The number of halogens is 2. The van der Waals surface area contributed by atoms with Crippen molar-refractivity contribution in [2.24, 2.45) is 0 Å². The predicted octanol–water partition coefficient (Wildman–Crippen LogP) is 8.76. The van der Waals surface area contributed by atoms with Gasteiger partial charge in [-0.3, -0.25) is 0 Å². The van der Waals surface area contributed by atoms with Crippen LogP contribution >= 0.6 is 15.8 Å². The summed E-state index contributed by atoms with van der Waals surface area (Å²) in [5.41, 5.74) is 14.7. The van der Waals surface area contributed by atoms with Crippen LogP contribution in [-0.2, 0) is 19.2 Å². The number of rotatable bonds is 14. The Balaban J connectivity index is 0.00000292. The van der Waals surface area contributed by atoms with Gasteiger partial charge in [0.2, 0.25) is 0 Å². The summed E-state index contributed by atoms with van der Waals surface area (Å²) in [5.74, 6) is 0. The van der Waals surface area contributed by atoms with E-state index in [1.54, 1.807) is 11.1 Å². The molecule has 0 saturated heterocycles. The summed E-state index contributed by atoms with van der Waals surface area (Å²) < 4.78 is 1.14. The first-order chi connectivity index (χ1) is 23.8. The predicted molar refractivity (Wildman–Crippen MR) is 218 cm³/mol. The first-order valence-corrected chi connectivity index (χ1v) is 23.7. The van der Waals surface area contributed by atoms with Crippen LogP contribution in [0.5, 0.6) is 0 Å². The van der Waals surface area contributed by atoms with Crippen LogP contribution in [0.15, 0.2) is 108 Å². The minimum Gasteiger partial charge on any atom is -1.00 e. The molecule has 0 aliphatic heterocycles. The molecule has 0 fully saturated rings. The number of hydrogen-bond acceptors (Lipinski definition) is 0. The molecule has 5 heteroatoms. The maximum atomic E-state index is 2.74. The Morgan fingerprint density at radius 3 is 1.12 bits per heavy atom. The van der Waals surface area contributed by atoms with Crippen LogP contribution in [-0.4, -0.2) is 22.6 Å². The summed E-state index contributed by atoms with van der Waals surface area (Å²) in [5, 5.41) is 3.64. The molecule has 0 saturated carbocycles. The summed E-state index contributed by atoms with van der Waals surface area (Å²) in [6.45, 7) is 19.9. The fourth-order valence-electron chi connectivity index (χ4n) is 8.15. The van der Waals surface area contributed by atoms with Crippen LogP contribution in [0.4, 0.5) is 0 Å². The molecule has 0 N–H and O–H groups in total. The van der Waals surface area contributed by atoms with Gasteiger partial charge < -0.3 is 24.8 Å². The first-order valence-electron chi connectivity index (χ1n) is 18.9. The number of benzene rings is 4. The molecular formula is C46H56Cl2P2Ti. The smallest absolute Gasteiger partial charge is 1.00 e. The van der Waals surface area contributed by atoms with Crippen molar-refractivity contribution in [1.29, 1.82) is 0 Å². The van der Waals surface area contributed by atoms with Crippen LogP contribution in [0.25, 0.3) is 34.4 Å². The van der Waals surface area contributed by atoms with Crippen LogP contribution in [0.3, 0.4) is 0 Å². The van der Waals surface area contributed by atoms with Crippen LogP contribution in [0, 0.1) is 0 Å². The van der Waals surface area contributed by atoms with Crippen LogP contribution in [0.2, 0.25) is 0 Å².